The van der Waals surface area contributed by atoms with E-state index >= 15 is 0 Å². The van der Waals surface area contributed by atoms with Gasteiger partial charge in [-0.15, -0.1) is 5.10 Å². The molecule has 1 aromatic heterocycles. The smallest absolute Gasteiger partial charge is 0.260 e. The maximum Gasteiger partial charge on any atom is 0.260 e. The number of rotatable bonds is 3. The molecule has 8 heteroatoms. The number of nitrogens with one attached hydrogen (secondary N) is 1. The standard InChI is InChI=1S/C21H18ClN5O2/c22-15-8-6-13(7-9-15)16-12-17(14-4-2-1-3-5-14)27-20(23-16)24-21(25-27)26-18(28)10-11-19(26)29/h1-9,16-17H,10-12H2,(H,23,24,25)/t16-,17-/m0/s1. The number of fused-ring (bicyclic) bond motifs is 1. The Kier molecular flexibility index (Phi) is 4.32. The molecule has 0 unspecified atom stereocenters. The van der Waals surface area contributed by atoms with E-state index in [2.05, 4.69) is 15.4 Å². The van der Waals surface area contributed by atoms with E-state index in [0.29, 0.717) is 11.0 Å². The highest BCUT2D eigenvalue weighted by Crippen LogP contribution is 2.39. The minimum Gasteiger partial charge on any atom is -0.347 e. The normalized spacial score (nSPS) is 21.2. The second-order valence-corrected chi connectivity index (χ2v) is 7.65. The third kappa shape index (κ3) is 3.17. The van der Waals surface area contributed by atoms with E-state index in [-0.39, 0.29) is 42.7 Å². The molecule has 0 radical (unpaired) electrons. The molecule has 0 saturated carbocycles. The van der Waals surface area contributed by atoms with Crippen LogP contribution >= 0.6 is 11.6 Å². The molecule has 0 spiro atoms. The molecule has 2 aliphatic heterocycles. The van der Waals surface area contributed by atoms with Crippen molar-refractivity contribution in [1.82, 2.24) is 14.8 Å². The number of nitrogens with zero attached hydrogens (tertiary/aromatic N) is 4. The lowest BCUT2D eigenvalue weighted by Gasteiger charge is -2.31. The van der Waals surface area contributed by atoms with Crippen LogP contribution in [-0.4, -0.2) is 26.6 Å². The van der Waals surface area contributed by atoms with Gasteiger partial charge in [-0.1, -0.05) is 54.1 Å². The van der Waals surface area contributed by atoms with Gasteiger partial charge in [0.15, 0.2) is 0 Å². The van der Waals surface area contributed by atoms with E-state index in [4.69, 9.17) is 11.6 Å². The molecule has 0 bridgehead atoms. The lowest BCUT2D eigenvalue weighted by molar-refractivity contribution is -0.121. The van der Waals surface area contributed by atoms with Crippen LogP contribution in [0.5, 0.6) is 0 Å². The number of hydrogen-bond donors (Lipinski definition) is 1. The topological polar surface area (TPSA) is 80.1 Å². The van der Waals surface area contributed by atoms with Crippen molar-refractivity contribution in [3.05, 3.63) is 70.7 Å². The summed E-state index contributed by atoms with van der Waals surface area (Å²) in [7, 11) is 0. The SMILES string of the molecule is O=C1CCC(=O)N1c1nc2n(n1)[C@H](c1ccccc1)C[C@@H](c1ccc(Cl)cc1)N2. The number of anilines is 2. The molecule has 1 saturated heterocycles. The second kappa shape index (κ2) is 7.00. The summed E-state index contributed by atoms with van der Waals surface area (Å²) >= 11 is 6.04. The van der Waals surface area contributed by atoms with Crippen LogP contribution < -0.4 is 10.2 Å². The van der Waals surface area contributed by atoms with Gasteiger partial charge in [0, 0.05) is 17.9 Å². The van der Waals surface area contributed by atoms with Crippen molar-refractivity contribution in [2.75, 3.05) is 10.2 Å². The van der Waals surface area contributed by atoms with Gasteiger partial charge in [0.05, 0.1) is 12.1 Å². The van der Waals surface area contributed by atoms with E-state index in [1.54, 1.807) is 4.68 Å². The highest BCUT2D eigenvalue weighted by atomic mass is 35.5. The summed E-state index contributed by atoms with van der Waals surface area (Å²) in [5.74, 6) is 0.150. The first-order valence-corrected chi connectivity index (χ1v) is 9.87. The Morgan fingerprint density at radius 2 is 1.62 bits per heavy atom. The molecule has 3 heterocycles. The molecule has 1 fully saturated rings. The summed E-state index contributed by atoms with van der Waals surface area (Å²) in [5.41, 5.74) is 2.17. The minimum atomic E-state index is -0.261. The summed E-state index contributed by atoms with van der Waals surface area (Å²) < 4.78 is 1.77. The molecule has 3 aromatic rings. The largest absolute Gasteiger partial charge is 0.347 e. The molecule has 7 nitrogen and oxygen atoms in total. The van der Waals surface area contributed by atoms with Crippen LogP contribution in [0.3, 0.4) is 0 Å². The van der Waals surface area contributed by atoms with Crippen molar-refractivity contribution in [3.8, 4) is 0 Å². The Morgan fingerprint density at radius 3 is 2.31 bits per heavy atom. The van der Waals surface area contributed by atoms with Gasteiger partial charge < -0.3 is 5.32 Å². The first-order chi connectivity index (χ1) is 14.1. The van der Waals surface area contributed by atoms with Crippen molar-refractivity contribution in [2.45, 2.75) is 31.3 Å². The summed E-state index contributed by atoms with van der Waals surface area (Å²) in [6.45, 7) is 0. The molecule has 29 heavy (non-hydrogen) atoms. The summed E-state index contributed by atoms with van der Waals surface area (Å²) in [4.78, 5) is 29.9. The van der Waals surface area contributed by atoms with E-state index in [1.165, 1.54) is 0 Å². The van der Waals surface area contributed by atoms with Crippen LogP contribution in [0.1, 0.15) is 42.5 Å². The van der Waals surface area contributed by atoms with Gasteiger partial charge in [-0.2, -0.15) is 4.98 Å². The highest BCUT2D eigenvalue weighted by molar-refractivity contribution is 6.30. The van der Waals surface area contributed by atoms with Crippen molar-refractivity contribution in [1.29, 1.82) is 0 Å². The third-order valence-electron chi connectivity index (χ3n) is 5.39. The number of halogens is 1. The lowest BCUT2D eigenvalue weighted by atomic mass is 9.93. The first kappa shape index (κ1) is 17.9. The summed E-state index contributed by atoms with van der Waals surface area (Å²) in [5, 5.41) is 8.62. The van der Waals surface area contributed by atoms with Crippen LogP contribution in [0.25, 0.3) is 0 Å². The van der Waals surface area contributed by atoms with Gasteiger partial charge in [-0.25, -0.2) is 9.58 Å². The molecule has 146 valence electrons. The second-order valence-electron chi connectivity index (χ2n) is 7.21. The van der Waals surface area contributed by atoms with Crippen molar-refractivity contribution >= 4 is 35.3 Å². The fourth-order valence-electron chi connectivity index (χ4n) is 3.93. The molecule has 0 aliphatic carbocycles. The lowest BCUT2D eigenvalue weighted by Crippen LogP contribution is -2.30. The van der Waals surface area contributed by atoms with Crippen LogP contribution in [0.4, 0.5) is 11.9 Å². The molecule has 2 aliphatic rings. The van der Waals surface area contributed by atoms with Gasteiger partial charge in [0.25, 0.3) is 5.95 Å². The van der Waals surface area contributed by atoms with Crippen LogP contribution in [-0.2, 0) is 9.59 Å². The Labute approximate surface area is 172 Å². The predicted octanol–water partition coefficient (Wildman–Crippen LogP) is 3.73. The number of carbonyl (C=O) groups is 2. The maximum absolute atomic E-state index is 12.2. The van der Waals surface area contributed by atoms with Crippen molar-refractivity contribution in [3.63, 3.8) is 0 Å². The number of amides is 2. The van der Waals surface area contributed by atoms with Crippen LogP contribution in [0, 0.1) is 0 Å². The van der Waals surface area contributed by atoms with E-state index in [9.17, 15) is 9.59 Å². The van der Waals surface area contributed by atoms with Gasteiger partial charge in [0.2, 0.25) is 17.8 Å². The Hall–Kier alpha value is -3.19. The zero-order chi connectivity index (χ0) is 20.0. The van der Waals surface area contributed by atoms with Gasteiger partial charge in [-0.05, 0) is 29.7 Å². The zero-order valence-electron chi connectivity index (χ0n) is 15.5. The molecule has 1 N–H and O–H groups in total. The number of carbonyl (C=O) groups excluding carboxylic acids is 2. The number of aromatic nitrogens is 3. The molecular formula is C21H18ClN5O2. The fourth-order valence-corrected chi connectivity index (χ4v) is 4.05. The Morgan fingerprint density at radius 1 is 0.931 bits per heavy atom. The zero-order valence-corrected chi connectivity index (χ0v) is 16.2. The molecule has 2 amide bonds. The van der Waals surface area contributed by atoms with Crippen LogP contribution in [0.15, 0.2) is 54.6 Å². The van der Waals surface area contributed by atoms with Crippen LogP contribution in [0.2, 0.25) is 5.02 Å². The van der Waals surface area contributed by atoms with Gasteiger partial charge >= 0.3 is 0 Å². The molecule has 2 aromatic carbocycles. The first-order valence-electron chi connectivity index (χ1n) is 9.49. The maximum atomic E-state index is 12.2. The number of imide groups is 1. The number of benzene rings is 2. The van der Waals surface area contributed by atoms with E-state index < -0.39 is 0 Å². The van der Waals surface area contributed by atoms with Gasteiger partial charge in [0.1, 0.15) is 0 Å². The third-order valence-corrected chi connectivity index (χ3v) is 5.64. The average Bonchev–Trinajstić information content (AvgIpc) is 3.30. The Balaban J connectivity index is 1.57. The van der Waals surface area contributed by atoms with Crippen molar-refractivity contribution < 1.29 is 9.59 Å². The monoisotopic (exact) mass is 407 g/mol. The summed E-state index contributed by atoms with van der Waals surface area (Å²) in [6.07, 6.45) is 1.14. The molecular weight excluding hydrogens is 390 g/mol. The van der Waals surface area contributed by atoms with E-state index in [1.807, 2.05) is 54.6 Å². The average molecular weight is 408 g/mol. The summed E-state index contributed by atoms with van der Waals surface area (Å²) in [6, 6.07) is 17.7. The minimum absolute atomic E-state index is 0.00740. The molecule has 5 rings (SSSR count). The van der Waals surface area contributed by atoms with Gasteiger partial charge in [-0.3, -0.25) is 9.59 Å². The van der Waals surface area contributed by atoms with Crippen molar-refractivity contribution in [2.24, 2.45) is 0 Å². The van der Waals surface area contributed by atoms with E-state index in [0.717, 1.165) is 22.4 Å². The highest BCUT2D eigenvalue weighted by Gasteiger charge is 2.37. The predicted molar refractivity (Wildman–Crippen MR) is 109 cm³/mol. The molecule has 2 atom stereocenters. The quantitative estimate of drug-likeness (QED) is 0.669. The fraction of sp³-hybridized carbons (Fsp3) is 0.238. The number of hydrogen-bond acceptors (Lipinski definition) is 5. The Bertz CT molecular complexity index is 1060.